The number of anilines is 3. The molecule has 2 N–H and O–H groups in total. The summed E-state index contributed by atoms with van der Waals surface area (Å²) in [6.07, 6.45) is 0. The van der Waals surface area contributed by atoms with Gasteiger partial charge in [0.1, 0.15) is 17.3 Å². The first-order valence-corrected chi connectivity index (χ1v) is 8.89. The molecule has 0 radical (unpaired) electrons. The average Bonchev–Trinajstić information content (AvgIpc) is 3.12. The largest absolute Gasteiger partial charge is 0.454 e. The number of carbonyl (C=O) groups excluding carboxylic acids is 1. The molecule has 0 saturated carbocycles. The third-order valence-electron chi connectivity index (χ3n) is 4.36. The van der Waals surface area contributed by atoms with Crippen molar-refractivity contribution >= 4 is 23.1 Å². The normalized spacial score (nSPS) is 12.0. The molecule has 0 fully saturated rings. The average molecular weight is 376 g/mol. The van der Waals surface area contributed by atoms with Crippen LogP contribution in [0, 0.1) is 20.8 Å². The zero-order chi connectivity index (χ0) is 19.7. The van der Waals surface area contributed by atoms with E-state index in [1.165, 1.54) is 0 Å². The summed E-state index contributed by atoms with van der Waals surface area (Å²) in [5.74, 6) is 2.11. The Balaban J connectivity index is 1.56. The molecule has 142 valence electrons. The number of aromatic nitrogens is 2. The zero-order valence-corrected chi connectivity index (χ0v) is 15.9. The summed E-state index contributed by atoms with van der Waals surface area (Å²) in [6.45, 7) is 5.90. The second-order valence-electron chi connectivity index (χ2n) is 6.65. The van der Waals surface area contributed by atoms with E-state index in [1.54, 1.807) is 13.0 Å². The molecule has 4 rings (SSSR count). The van der Waals surface area contributed by atoms with Gasteiger partial charge in [-0.25, -0.2) is 9.97 Å². The lowest BCUT2D eigenvalue weighted by atomic mass is 10.1. The quantitative estimate of drug-likeness (QED) is 0.712. The van der Waals surface area contributed by atoms with Crippen LogP contribution in [0.3, 0.4) is 0 Å². The minimum Gasteiger partial charge on any atom is -0.454 e. The van der Waals surface area contributed by atoms with Crippen LogP contribution in [0.5, 0.6) is 11.5 Å². The smallest absolute Gasteiger partial charge is 0.274 e. The summed E-state index contributed by atoms with van der Waals surface area (Å²) >= 11 is 0. The summed E-state index contributed by atoms with van der Waals surface area (Å²) in [5.41, 5.74) is 3.90. The van der Waals surface area contributed by atoms with Gasteiger partial charge in [-0.15, -0.1) is 0 Å². The fourth-order valence-corrected chi connectivity index (χ4v) is 2.93. The molecule has 0 spiro atoms. The number of hydrogen-bond acceptors (Lipinski definition) is 6. The van der Waals surface area contributed by atoms with Crippen molar-refractivity contribution in [2.75, 3.05) is 17.4 Å². The fourth-order valence-electron chi connectivity index (χ4n) is 2.93. The third-order valence-corrected chi connectivity index (χ3v) is 4.36. The lowest BCUT2D eigenvalue weighted by molar-refractivity contribution is 0.102. The number of hydrogen-bond donors (Lipinski definition) is 2. The van der Waals surface area contributed by atoms with Crippen LogP contribution < -0.4 is 20.1 Å². The van der Waals surface area contributed by atoms with Crippen molar-refractivity contribution < 1.29 is 14.3 Å². The predicted molar refractivity (Wildman–Crippen MR) is 106 cm³/mol. The molecule has 0 unspecified atom stereocenters. The number of fused-ring (bicyclic) bond motifs is 1. The number of carbonyl (C=O) groups is 1. The van der Waals surface area contributed by atoms with Gasteiger partial charge in [-0.3, -0.25) is 4.79 Å². The minimum atomic E-state index is -0.284. The van der Waals surface area contributed by atoms with Crippen LogP contribution in [0.2, 0.25) is 0 Å². The molecular formula is C21H20N4O3. The van der Waals surface area contributed by atoms with E-state index < -0.39 is 0 Å². The highest BCUT2D eigenvalue weighted by Crippen LogP contribution is 2.35. The highest BCUT2D eigenvalue weighted by Gasteiger charge is 2.15. The number of nitrogens with one attached hydrogen (secondary N) is 2. The minimum absolute atomic E-state index is 0.216. The Bertz CT molecular complexity index is 1070. The lowest BCUT2D eigenvalue weighted by Crippen LogP contribution is -2.16. The van der Waals surface area contributed by atoms with Crippen molar-refractivity contribution in [3.8, 4) is 11.5 Å². The molecule has 1 aliphatic heterocycles. The van der Waals surface area contributed by atoms with Crippen LogP contribution >= 0.6 is 0 Å². The fraction of sp³-hybridized carbons (Fsp3) is 0.190. The maximum atomic E-state index is 12.7. The topological polar surface area (TPSA) is 85.4 Å². The monoisotopic (exact) mass is 376 g/mol. The van der Waals surface area contributed by atoms with Gasteiger partial charge in [0.05, 0.1) is 0 Å². The van der Waals surface area contributed by atoms with Crippen LogP contribution in [-0.2, 0) is 0 Å². The van der Waals surface area contributed by atoms with Crippen molar-refractivity contribution in [3.05, 3.63) is 65.1 Å². The SMILES string of the molecule is Cc1ccc(C)c(NC(=O)c2cc(Nc3ccc4c(c3)OCO4)nc(C)n2)c1. The van der Waals surface area contributed by atoms with Crippen LogP contribution in [0.4, 0.5) is 17.2 Å². The van der Waals surface area contributed by atoms with E-state index in [2.05, 4.69) is 20.6 Å². The number of rotatable bonds is 4. The zero-order valence-electron chi connectivity index (χ0n) is 15.9. The molecule has 1 amide bonds. The molecule has 0 aliphatic carbocycles. The maximum Gasteiger partial charge on any atom is 0.274 e. The first-order chi connectivity index (χ1) is 13.5. The molecule has 0 atom stereocenters. The van der Waals surface area contributed by atoms with Crippen molar-refractivity contribution in [1.29, 1.82) is 0 Å². The van der Waals surface area contributed by atoms with Crippen LogP contribution in [0.25, 0.3) is 0 Å². The van der Waals surface area contributed by atoms with Gasteiger partial charge in [0.25, 0.3) is 5.91 Å². The van der Waals surface area contributed by atoms with Gasteiger partial charge in [-0.2, -0.15) is 0 Å². The second kappa shape index (κ2) is 7.19. The molecule has 3 aromatic rings. The Morgan fingerprint density at radius 3 is 2.64 bits per heavy atom. The van der Waals surface area contributed by atoms with Crippen molar-refractivity contribution in [2.45, 2.75) is 20.8 Å². The second-order valence-corrected chi connectivity index (χ2v) is 6.65. The predicted octanol–water partition coefficient (Wildman–Crippen LogP) is 4.13. The highest BCUT2D eigenvalue weighted by atomic mass is 16.7. The van der Waals surface area contributed by atoms with E-state index in [9.17, 15) is 4.79 Å². The number of aryl methyl sites for hydroxylation is 3. The molecule has 28 heavy (non-hydrogen) atoms. The van der Waals surface area contributed by atoms with Crippen LogP contribution in [-0.4, -0.2) is 22.7 Å². The number of benzene rings is 2. The molecule has 0 saturated heterocycles. The van der Waals surface area contributed by atoms with Gasteiger partial charge in [0, 0.05) is 23.5 Å². The highest BCUT2D eigenvalue weighted by molar-refractivity contribution is 6.03. The molecule has 7 nitrogen and oxygen atoms in total. The van der Waals surface area contributed by atoms with Gasteiger partial charge in [0.15, 0.2) is 11.5 Å². The molecule has 2 heterocycles. The molecule has 1 aromatic heterocycles. The third kappa shape index (κ3) is 3.73. The summed E-state index contributed by atoms with van der Waals surface area (Å²) in [6, 6.07) is 13.1. The Morgan fingerprint density at radius 1 is 0.964 bits per heavy atom. The van der Waals surface area contributed by atoms with Crippen molar-refractivity contribution in [2.24, 2.45) is 0 Å². The van der Waals surface area contributed by atoms with Crippen molar-refractivity contribution in [1.82, 2.24) is 9.97 Å². The van der Waals surface area contributed by atoms with Crippen LogP contribution in [0.1, 0.15) is 27.4 Å². The van der Waals surface area contributed by atoms with Gasteiger partial charge in [0.2, 0.25) is 6.79 Å². The van der Waals surface area contributed by atoms with Gasteiger partial charge < -0.3 is 20.1 Å². The molecule has 2 aromatic carbocycles. The van der Waals surface area contributed by atoms with E-state index in [-0.39, 0.29) is 18.4 Å². The number of ether oxygens (including phenoxy) is 2. The van der Waals surface area contributed by atoms with Crippen LogP contribution in [0.15, 0.2) is 42.5 Å². The van der Waals surface area contributed by atoms with E-state index in [0.29, 0.717) is 23.1 Å². The van der Waals surface area contributed by atoms with E-state index in [4.69, 9.17) is 9.47 Å². The Hall–Kier alpha value is -3.61. The number of amides is 1. The molecule has 0 bridgehead atoms. The summed E-state index contributed by atoms with van der Waals surface area (Å²) in [4.78, 5) is 21.4. The van der Waals surface area contributed by atoms with E-state index in [0.717, 1.165) is 22.5 Å². The number of nitrogens with zero attached hydrogens (tertiary/aromatic N) is 2. The molecule has 1 aliphatic rings. The van der Waals surface area contributed by atoms with Gasteiger partial charge in [-0.05, 0) is 50.1 Å². The van der Waals surface area contributed by atoms with E-state index >= 15 is 0 Å². The van der Waals surface area contributed by atoms with E-state index in [1.807, 2.05) is 50.2 Å². The maximum absolute atomic E-state index is 12.7. The van der Waals surface area contributed by atoms with Gasteiger partial charge in [-0.1, -0.05) is 12.1 Å². The summed E-state index contributed by atoms with van der Waals surface area (Å²) < 4.78 is 10.7. The first-order valence-electron chi connectivity index (χ1n) is 8.89. The lowest BCUT2D eigenvalue weighted by Gasteiger charge is -2.11. The van der Waals surface area contributed by atoms with Crippen molar-refractivity contribution in [3.63, 3.8) is 0 Å². The first kappa shape index (κ1) is 17.8. The van der Waals surface area contributed by atoms with Gasteiger partial charge >= 0.3 is 0 Å². The summed E-state index contributed by atoms with van der Waals surface area (Å²) in [5, 5.41) is 6.11. The Kier molecular flexibility index (Phi) is 4.57. The Labute approximate surface area is 162 Å². The summed E-state index contributed by atoms with van der Waals surface area (Å²) in [7, 11) is 0. The molecule has 7 heteroatoms. The standard InChI is InChI=1S/C21H20N4O3/c1-12-4-5-13(2)16(8-12)25-21(26)17-10-20(23-14(3)22-17)24-15-6-7-18-19(9-15)28-11-27-18/h4-10H,11H2,1-3H3,(H,25,26)(H,22,23,24). The Morgan fingerprint density at radius 2 is 1.79 bits per heavy atom. The molecular weight excluding hydrogens is 356 g/mol.